The lowest BCUT2D eigenvalue weighted by Gasteiger charge is -2.23. The summed E-state index contributed by atoms with van der Waals surface area (Å²) in [5.41, 5.74) is 0.407. The summed E-state index contributed by atoms with van der Waals surface area (Å²) in [6.45, 7) is 5.48. The van der Waals surface area contributed by atoms with Gasteiger partial charge >= 0.3 is 6.09 Å². The van der Waals surface area contributed by atoms with Gasteiger partial charge in [-0.15, -0.1) is 0 Å². The topological polar surface area (TPSA) is 59.5 Å². The molecule has 0 radical (unpaired) electrons. The van der Waals surface area contributed by atoms with E-state index in [0.29, 0.717) is 5.69 Å². The van der Waals surface area contributed by atoms with Crippen molar-refractivity contribution in [3.8, 4) is 0 Å². The van der Waals surface area contributed by atoms with Crippen LogP contribution < -0.4 is 0 Å². The minimum Gasteiger partial charge on any atom is -0.443 e. The maximum Gasteiger partial charge on any atom is 0.417 e. The molecule has 2 heterocycles. The van der Waals surface area contributed by atoms with Gasteiger partial charge in [-0.2, -0.15) is 0 Å². The largest absolute Gasteiger partial charge is 0.443 e. The zero-order valence-corrected chi connectivity index (χ0v) is 11.9. The molecule has 0 N–H and O–H groups in total. The molecule has 0 saturated heterocycles. The highest BCUT2D eigenvalue weighted by Gasteiger charge is 2.36. The predicted octanol–water partition coefficient (Wildman–Crippen LogP) is 2.74. The van der Waals surface area contributed by atoms with E-state index in [1.54, 1.807) is 26.8 Å². The van der Waals surface area contributed by atoms with Crippen LogP contribution in [-0.2, 0) is 11.3 Å². The first kappa shape index (κ1) is 13.0. The highest BCUT2D eigenvalue weighted by molar-refractivity contribution is 9.10. The minimum atomic E-state index is -0.637. The molecule has 96 valence electrons. The van der Waals surface area contributed by atoms with Gasteiger partial charge in [-0.25, -0.2) is 14.7 Å². The third-order valence-electron chi connectivity index (χ3n) is 2.32. The van der Waals surface area contributed by atoms with Gasteiger partial charge < -0.3 is 4.74 Å². The van der Waals surface area contributed by atoms with Crippen LogP contribution in [0.4, 0.5) is 4.79 Å². The van der Waals surface area contributed by atoms with Crippen LogP contribution in [0.25, 0.3) is 0 Å². The monoisotopic (exact) mass is 312 g/mol. The van der Waals surface area contributed by atoms with Crippen LogP contribution in [0, 0.1) is 0 Å². The fraction of sp³-hybridized carbons (Fsp3) is 0.417. The number of halogens is 1. The number of hydrogen-bond acceptors (Lipinski definition) is 4. The lowest BCUT2D eigenvalue weighted by atomic mass is 10.2. The molecule has 0 fully saturated rings. The Morgan fingerprint density at radius 2 is 2.17 bits per heavy atom. The zero-order valence-electron chi connectivity index (χ0n) is 10.4. The average Bonchev–Trinajstić information content (AvgIpc) is 2.53. The first-order valence-corrected chi connectivity index (χ1v) is 6.26. The van der Waals surface area contributed by atoms with Gasteiger partial charge in [-0.05, 0) is 42.8 Å². The Labute approximate surface area is 113 Å². The van der Waals surface area contributed by atoms with Gasteiger partial charge in [0.25, 0.3) is 5.91 Å². The second-order valence-corrected chi connectivity index (χ2v) is 5.95. The maximum absolute atomic E-state index is 12.0. The number of carbonyl (C=O) groups is 2. The van der Waals surface area contributed by atoms with E-state index < -0.39 is 17.6 Å². The number of rotatable bonds is 0. The first-order valence-electron chi connectivity index (χ1n) is 5.47. The normalized spacial score (nSPS) is 14.7. The summed E-state index contributed by atoms with van der Waals surface area (Å²) >= 11 is 3.28. The highest BCUT2D eigenvalue weighted by Crippen LogP contribution is 2.25. The van der Waals surface area contributed by atoms with Crippen molar-refractivity contribution in [1.82, 2.24) is 9.88 Å². The van der Waals surface area contributed by atoms with Crippen LogP contribution in [0.15, 0.2) is 16.7 Å². The molecule has 0 bridgehead atoms. The van der Waals surface area contributed by atoms with Crippen LogP contribution >= 0.6 is 15.9 Å². The molecule has 2 rings (SSSR count). The van der Waals surface area contributed by atoms with Crippen molar-refractivity contribution in [2.45, 2.75) is 32.9 Å². The molecule has 5 nitrogen and oxygen atoms in total. The molecule has 1 aromatic rings. The van der Waals surface area contributed by atoms with Crippen molar-refractivity contribution in [2.75, 3.05) is 0 Å². The van der Waals surface area contributed by atoms with Crippen molar-refractivity contribution in [2.24, 2.45) is 0 Å². The second-order valence-electron chi connectivity index (χ2n) is 5.03. The fourth-order valence-corrected chi connectivity index (χ4v) is 2.01. The third-order valence-corrected chi connectivity index (χ3v) is 2.76. The molecule has 0 aromatic carbocycles. The molecule has 1 aliphatic heterocycles. The Balaban J connectivity index is 2.21. The Kier molecular flexibility index (Phi) is 3.14. The number of carbonyl (C=O) groups excluding carboxylic acids is 2. The van der Waals surface area contributed by atoms with E-state index in [-0.39, 0.29) is 6.54 Å². The smallest absolute Gasteiger partial charge is 0.417 e. The van der Waals surface area contributed by atoms with Crippen LogP contribution in [0.5, 0.6) is 0 Å². The Morgan fingerprint density at radius 1 is 1.50 bits per heavy atom. The molecule has 0 unspecified atom stereocenters. The molecule has 0 spiro atoms. The van der Waals surface area contributed by atoms with Crippen LogP contribution in [0.2, 0.25) is 0 Å². The van der Waals surface area contributed by atoms with E-state index in [9.17, 15) is 9.59 Å². The molecular formula is C12H13BrN2O3. The molecule has 1 aliphatic rings. The second kappa shape index (κ2) is 4.35. The predicted molar refractivity (Wildman–Crippen MR) is 68.0 cm³/mol. The summed E-state index contributed by atoms with van der Waals surface area (Å²) in [5, 5.41) is 0. The lowest BCUT2D eigenvalue weighted by molar-refractivity contribution is 0.0247. The van der Waals surface area contributed by atoms with Crippen molar-refractivity contribution >= 4 is 27.9 Å². The SMILES string of the molecule is CC(C)(C)OC(=O)N1Cc2cc(Br)cnc2C1=O. The number of hydrogen-bond donors (Lipinski definition) is 0. The molecule has 18 heavy (non-hydrogen) atoms. The van der Waals surface area contributed by atoms with Crippen LogP contribution in [0.1, 0.15) is 36.8 Å². The van der Waals surface area contributed by atoms with E-state index in [0.717, 1.165) is 14.9 Å². The number of pyridine rings is 1. The minimum absolute atomic E-state index is 0.204. The number of ether oxygens (including phenoxy) is 1. The molecule has 0 aliphatic carbocycles. The molecule has 0 saturated carbocycles. The summed E-state index contributed by atoms with van der Waals surface area (Å²) < 4.78 is 5.96. The van der Waals surface area contributed by atoms with Gasteiger partial charge in [0.15, 0.2) is 0 Å². The van der Waals surface area contributed by atoms with Gasteiger partial charge in [-0.1, -0.05) is 0 Å². The molecule has 0 atom stereocenters. The quantitative estimate of drug-likeness (QED) is 0.739. The molecule has 2 amide bonds. The van der Waals surface area contributed by atoms with Gasteiger partial charge in [0.2, 0.25) is 0 Å². The Bertz CT molecular complexity index is 523. The van der Waals surface area contributed by atoms with E-state index in [2.05, 4.69) is 20.9 Å². The molecule has 6 heteroatoms. The van der Waals surface area contributed by atoms with Crippen molar-refractivity contribution in [3.63, 3.8) is 0 Å². The highest BCUT2D eigenvalue weighted by atomic mass is 79.9. The van der Waals surface area contributed by atoms with Gasteiger partial charge in [0.1, 0.15) is 11.3 Å². The van der Waals surface area contributed by atoms with E-state index in [4.69, 9.17) is 4.74 Å². The Morgan fingerprint density at radius 3 is 2.78 bits per heavy atom. The summed E-state index contributed by atoms with van der Waals surface area (Å²) in [6, 6.07) is 1.78. The van der Waals surface area contributed by atoms with E-state index >= 15 is 0 Å². The first-order chi connectivity index (χ1) is 8.28. The summed E-state index contributed by atoms with van der Waals surface area (Å²) in [4.78, 5) is 28.9. The Hall–Kier alpha value is -1.43. The van der Waals surface area contributed by atoms with Crippen molar-refractivity contribution < 1.29 is 14.3 Å². The molecule has 1 aromatic heterocycles. The number of aromatic nitrogens is 1. The number of fused-ring (bicyclic) bond motifs is 1. The standard InChI is InChI=1S/C12H13BrN2O3/c1-12(2,3)18-11(17)15-6-7-4-8(13)5-14-9(7)10(15)16/h4-5H,6H2,1-3H3. The van der Waals surface area contributed by atoms with Gasteiger partial charge in [0.05, 0.1) is 6.54 Å². The van der Waals surface area contributed by atoms with Crippen molar-refractivity contribution in [3.05, 3.63) is 28.0 Å². The number of amides is 2. The summed E-state index contributed by atoms with van der Waals surface area (Å²) in [6.07, 6.45) is 0.900. The van der Waals surface area contributed by atoms with Crippen LogP contribution in [0.3, 0.4) is 0 Å². The number of imide groups is 1. The summed E-state index contributed by atoms with van der Waals surface area (Å²) in [5.74, 6) is -0.410. The van der Waals surface area contributed by atoms with E-state index in [1.165, 1.54) is 6.20 Å². The third kappa shape index (κ3) is 2.53. The average molecular weight is 313 g/mol. The van der Waals surface area contributed by atoms with Crippen molar-refractivity contribution in [1.29, 1.82) is 0 Å². The van der Waals surface area contributed by atoms with Gasteiger partial charge in [0, 0.05) is 16.2 Å². The molecular weight excluding hydrogens is 300 g/mol. The van der Waals surface area contributed by atoms with Gasteiger partial charge in [-0.3, -0.25) is 4.79 Å². The maximum atomic E-state index is 12.0. The zero-order chi connectivity index (χ0) is 13.5. The lowest BCUT2D eigenvalue weighted by Crippen LogP contribution is -2.37. The fourth-order valence-electron chi connectivity index (χ4n) is 1.63. The number of nitrogens with zero attached hydrogens (tertiary/aromatic N) is 2. The summed E-state index contributed by atoms with van der Waals surface area (Å²) in [7, 11) is 0. The van der Waals surface area contributed by atoms with Crippen LogP contribution in [-0.4, -0.2) is 27.5 Å². The van der Waals surface area contributed by atoms with E-state index in [1.807, 2.05) is 0 Å².